The highest BCUT2D eigenvalue weighted by Gasteiger charge is 2.17. The third-order valence-electron chi connectivity index (χ3n) is 2.56. The van der Waals surface area contributed by atoms with Crippen LogP contribution in [-0.4, -0.2) is 24.0 Å². The van der Waals surface area contributed by atoms with Gasteiger partial charge in [0, 0.05) is 18.8 Å². The summed E-state index contributed by atoms with van der Waals surface area (Å²) in [6.07, 6.45) is 2.09. The Hall–Kier alpha value is -1.10. The van der Waals surface area contributed by atoms with Gasteiger partial charge in [-0.1, -0.05) is 0 Å². The molecule has 1 N–H and O–H groups in total. The van der Waals surface area contributed by atoms with Crippen LogP contribution >= 0.6 is 15.9 Å². The summed E-state index contributed by atoms with van der Waals surface area (Å²) in [4.78, 5) is 13.4. The second kappa shape index (κ2) is 4.82. The van der Waals surface area contributed by atoms with E-state index in [0.29, 0.717) is 10.2 Å². The van der Waals surface area contributed by atoms with E-state index in [1.165, 1.54) is 6.07 Å². The highest BCUT2D eigenvalue weighted by Crippen LogP contribution is 2.20. The van der Waals surface area contributed by atoms with Gasteiger partial charge >= 0.3 is 6.03 Å². The number of anilines is 1. The maximum absolute atomic E-state index is 13.2. The van der Waals surface area contributed by atoms with Gasteiger partial charge in [0.05, 0.1) is 4.47 Å². The van der Waals surface area contributed by atoms with Crippen molar-refractivity contribution in [3.05, 3.63) is 28.5 Å². The number of halogens is 2. The highest BCUT2D eigenvalue weighted by atomic mass is 79.9. The van der Waals surface area contributed by atoms with Crippen LogP contribution in [0.2, 0.25) is 0 Å². The van der Waals surface area contributed by atoms with Crippen LogP contribution in [0.1, 0.15) is 12.8 Å². The number of benzene rings is 1. The zero-order valence-corrected chi connectivity index (χ0v) is 10.3. The van der Waals surface area contributed by atoms with E-state index in [4.69, 9.17) is 0 Å². The number of likely N-dealkylation sites (tertiary alicyclic amines) is 1. The summed E-state index contributed by atoms with van der Waals surface area (Å²) in [6.45, 7) is 1.57. The molecule has 1 aromatic rings. The van der Waals surface area contributed by atoms with Gasteiger partial charge in [0.15, 0.2) is 0 Å². The monoisotopic (exact) mass is 286 g/mol. The van der Waals surface area contributed by atoms with Crippen molar-refractivity contribution in [2.75, 3.05) is 18.4 Å². The molecule has 5 heteroatoms. The first-order valence-corrected chi connectivity index (χ1v) is 5.97. The molecule has 0 unspecified atom stereocenters. The van der Waals surface area contributed by atoms with Crippen molar-refractivity contribution in [3.63, 3.8) is 0 Å². The van der Waals surface area contributed by atoms with Crippen LogP contribution in [0.5, 0.6) is 0 Å². The largest absolute Gasteiger partial charge is 0.325 e. The second-order valence-corrected chi connectivity index (χ2v) is 4.61. The number of carbonyl (C=O) groups excluding carboxylic acids is 1. The summed E-state index contributed by atoms with van der Waals surface area (Å²) in [5, 5.41) is 2.68. The lowest BCUT2D eigenvalue weighted by Gasteiger charge is -2.16. The topological polar surface area (TPSA) is 32.3 Å². The van der Waals surface area contributed by atoms with E-state index in [0.717, 1.165) is 25.9 Å². The van der Waals surface area contributed by atoms with Gasteiger partial charge in [-0.05, 0) is 47.0 Å². The smallest absolute Gasteiger partial charge is 0.321 e. The molecule has 0 saturated carbocycles. The lowest BCUT2D eigenvalue weighted by Crippen LogP contribution is -2.32. The third kappa shape index (κ3) is 2.52. The number of urea groups is 1. The Morgan fingerprint density at radius 2 is 2.06 bits per heavy atom. The molecule has 0 aliphatic carbocycles. The van der Waals surface area contributed by atoms with Gasteiger partial charge < -0.3 is 10.2 Å². The molecule has 0 bridgehead atoms. The Bertz CT molecular complexity index is 405. The zero-order valence-electron chi connectivity index (χ0n) is 8.67. The number of amides is 2. The molecule has 2 rings (SSSR count). The second-order valence-electron chi connectivity index (χ2n) is 3.75. The average molecular weight is 287 g/mol. The van der Waals surface area contributed by atoms with Crippen LogP contribution in [0.4, 0.5) is 14.9 Å². The molecule has 2 amide bonds. The van der Waals surface area contributed by atoms with Gasteiger partial charge in [-0.2, -0.15) is 0 Å². The summed E-state index contributed by atoms with van der Waals surface area (Å²) < 4.78 is 13.6. The van der Waals surface area contributed by atoms with Crippen molar-refractivity contribution in [3.8, 4) is 0 Å². The molecule has 1 fully saturated rings. The molecule has 1 aromatic carbocycles. The van der Waals surface area contributed by atoms with Crippen molar-refractivity contribution in [2.45, 2.75) is 12.8 Å². The van der Waals surface area contributed by atoms with Crippen molar-refractivity contribution in [1.29, 1.82) is 0 Å². The summed E-state index contributed by atoms with van der Waals surface area (Å²) in [6, 6.07) is 4.40. The Morgan fingerprint density at radius 1 is 1.38 bits per heavy atom. The Labute approximate surface area is 102 Å². The van der Waals surface area contributed by atoms with Crippen LogP contribution in [0, 0.1) is 5.82 Å². The zero-order chi connectivity index (χ0) is 11.5. The third-order valence-corrected chi connectivity index (χ3v) is 3.21. The average Bonchev–Trinajstić information content (AvgIpc) is 2.77. The minimum Gasteiger partial charge on any atom is -0.325 e. The molecule has 0 spiro atoms. The fourth-order valence-corrected chi connectivity index (χ4v) is 1.94. The molecule has 0 atom stereocenters. The molecule has 1 heterocycles. The van der Waals surface area contributed by atoms with E-state index in [1.807, 2.05) is 0 Å². The lowest BCUT2D eigenvalue weighted by atomic mass is 10.3. The molecule has 0 radical (unpaired) electrons. The van der Waals surface area contributed by atoms with E-state index in [1.54, 1.807) is 17.0 Å². The SMILES string of the molecule is O=C(Nc1ccc(Br)c(F)c1)N1CCCC1. The summed E-state index contributed by atoms with van der Waals surface area (Å²) in [5.74, 6) is -0.376. The number of rotatable bonds is 1. The van der Waals surface area contributed by atoms with Gasteiger partial charge in [-0.3, -0.25) is 0 Å². The Morgan fingerprint density at radius 3 is 2.69 bits per heavy atom. The molecular weight excluding hydrogens is 275 g/mol. The fraction of sp³-hybridized carbons (Fsp3) is 0.364. The number of carbonyl (C=O) groups is 1. The van der Waals surface area contributed by atoms with Gasteiger partial charge in [0.1, 0.15) is 5.82 Å². The van der Waals surface area contributed by atoms with Crippen molar-refractivity contribution < 1.29 is 9.18 Å². The quantitative estimate of drug-likeness (QED) is 0.845. The summed E-state index contributed by atoms with van der Waals surface area (Å²) in [5.41, 5.74) is 0.484. The van der Waals surface area contributed by atoms with Crippen molar-refractivity contribution in [2.24, 2.45) is 0 Å². The molecule has 16 heavy (non-hydrogen) atoms. The minimum atomic E-state index is -0.376. The number of hydrogen-bond acceptors (Lipinski definition) is 1. The molecule has 1 aliphatic heterocycles. The summed E-state index contributed by atoms with van der Waals surface area (Å²) in [7, 11) is 0. The van der Waals surface area contributed by atoms with Crippen LogP contribution < -0.4 is 5.32 Å². The normalized spacial score (nSPS) is 15.2. The Balaban J connectivity index is 2.02. The highest BCUT2D eigenvalue weighted by molar-refractivity contribution is 9.10. The molecule has 0 aromatic heterocycles. The maximum Gasteiger partial charge on any atom is 0.321 e. The van der Waals surface area contributed by atoms with E-state index in [-0.39, 0.29) is 11.8 Å². The molecule has 1 saturated heterocycles. The van der Waals surface area contributed by atoms with Crippen LogP contribution in [0.3, 0.4) is 0 Å². The molecule has 3 nitrogen and oxygen atoms in total. The Kier molecular flexibility index (Phi) is 3.43. The van der Waals surface area contributed by atoms with Crippen LogP contribution in [-0.2, 0) is 0 Å². The van der Waals surface area contributed by atoms with Crippen LogP contribution in [0.15, 0.2) is 22.7 Å². The summed E-state index contributed by atoms with van der Waals surface area (Å²) >= 11 is 3.06. The van der Waals surface area contributed by atoms with E-state index in [2.05, 4.69) is 21.2 Å². The molecule has 86 valence electrons. The predicted octanol–water partition coefficient (Wildman–Crippen LogP) is 3.22. The van der Waals surface area contributed by atoms with E-state index >= 15 is 0 Å². The minimum absolute atomic E-state index is 0.153. The van der Waals surface area contributed by atoms with E-state index in [9.17, 15) is 9.18 Å². The first-order valence-electron chi connectivity index (χ1n) is 5.18. The first kappa shape index (κ1) is 11.4. The standard InChI is InChI=1S/C11H12BrFN2O/c12-9-4-3-8(7-10(9)13)14-11(16)15-5-1-2-6-15/h3-4,7H,1-2,5-6H2,(H,14,16). The molecular formula is C11H12BrFN2O. The number of hydrogen-bond donors (Lipinski definition) is 1. The van der Waals surface area contributed by atoms with Crippen LogP contribution in [0.25, 0.3) is 0 Å². The first-order chi connectivity index (χ1) is 7.66. The van der Waals surface area contributed by atoms with Crippen molar-refractivity contribution in [1.82, 2.24) is 4.90 Å². The molecule has 1 aliphatic rings. The maximum atomic E-state index is 13.2. The van der Waals surface area contributed by atoms with E-state index < -0.39 is 0 Å². The number of nitrogens with one attached hydrogen (secondary N) is 1. The van der Waals surface area contributed by atoms with Gasteiger partial charge in [0.2, 0.25) is 0 Å². The lowest BCUT2D eigenvalue weighted by molar-refractivity contribution is 0.222. The van der Waals surface area contributed by atoms with Gasteiger partial charge in [0.25, 0.3) is 0 Å². The number of nitrogens with zero attached hydrogens (tertiary/aromatic N) is 1. The fourth-order valence-electron chi connectivity index (χ4n) is 1.70. The van der Waals surface area contributed by atoms with Gasteiger partial charge in [-0.25, -0.2) is 9.18 Å². The van der Waals surface area contributed by atoms with Gasteiger partial charge in [-0.15, -0.1) is 0 Å². The predicted molar refractivity (Wildman–Crippen MR) is 63.9 cm³/mol. The van der Waals surface area contributed by atoms with Crippen molar-refractivity contribution >= 4 is 27.6 Å².